The second-order valence-electron chi connectivity index (χ2n) is 5.95. The topological polar surface area (TPSA) is 75.6 Å². The van der Waals surface area contributed by atoms with Gasteiger partial charge in [0.25, 0.3) is 0 Å². The molecule has 0 aliphatic heterocycles. The van der Waals surface area contributed by atoms with E-state index in [-0.39, 0.29) is 11.8 Å². The summed E-state index contributed by atoms with van der Waals surface area (Å²) in [4.78, 5) is 22.4. The molecule has 1 fully saturated rings. The molecule has 0 spiro atoms. The molecule has 5 nitrogen and oxygen atoms in total. The Hall–Kier alpha value is -1.26. The summed E-state index contributed by atoms with van der Waals surface area (Å²) in [6.45, 7) is 5.94. The predicted molar refractivity (Wildman–Crippen MR) is 67.3 cm³/mol. The van der Waals surface area contributed by atoms with E-state index in [0.29, 0.717) is 13.0 Å². The van der Waals surface area contributed by atoms with Crippen molar-refractivity contribution in [1.29, 1.82) is 0 Å². The Labute approximate surface area is 108 Å². The number of carboxylic acids is 1. The summed E-state index contributed by atoms with van der Waals surface area (Å²) in [6, 6.07) is 0. The second kappa shape index (κ2) is 6.07. The SMILES string of the molecule is CC(C)(C)OC(=O)NC[C@H]1CCC[C@@H](C(=O)O)C1. The van der Waals surface area contributed by atoms with Gasteiger partial charge in [-0.3, -0.25) is 4.79 Å². The van der Waals surface area contributed by atoms with Gasteiger partial charge < -0.3 is 15.2 Å². The molecule has 0 aromatic heterocycles. The highest BCUT2D eigenvalue weighted by Crippen LogP contribution is 2.28. The molecule has 0 saturated heterocycles. The number of carbonyl (C=O) groups is 2. The van der Waals surface area contributed by atoms with Crippen molar-refractivity contribution >= 4 is 12.1 Å². The van der Waals surface area contributed by atoms with Crippen molar-refractivity contribution in [3.8, 4) is 0 Å². The number of alkyl carbamates (subject to hydrolysis) is 1. The lowest BCUT2D eigenvalue weighted by molar-refractivity contribution is -0.143. The zero-order valence-electron chi connectivity index (χ0n) is 11.4. The molecule has 5 heteroatoms. The Morgan fingerprint density at radius 1 is 1.33 bits per heavy atom. The highest BCUT2D eigenvalue weighted by Gasteiger charge is 2.27. The molecule has 0 bridgehead atoms. The summed E-state index contributed by atoms with van der Waals surface area (Å²) >= 11 is 0. The van der Waals surface area contributed by atoms with Gasteiger partial charge in [0.1, 0.15) is 5.60 Å². The van der Waals surface area contributed by atoms with Gasteiger partial charge in [-0.05, 0) is 46.0 Å². The molecule has 1 rings (SSSR count). The van der Waals surface area contributed by atoms with Crippen LogP contribution in [0.1, 0.15) is 46.5 Å². The van der Waals surface area contributed by atoms with Crippen LogP contribution in [0.5, 0.6) is 0 Å². The molecular formula is C13H23NO4. The maximum absolute atomic E-state index is 11.5. The first-order valence-corrected chi connectivity index (χ1v) is 6.47. The van der Waals surface area contributed by atoms with Crippen LogP contribution in [-0.4, -0.2) is 29.3 Å². The van der Waals surface area contributed by atoms with Gasteiger partial charge in [-0.25, -0.2) is 4.79 Å². The molecule has 0 aromatic carbocycles. The van der Waals surface area contributed by atoms with E-state index in [0.717, 1.165) is 19.3 Å². The fourth-order valence-electron chi connectivity index (χ4n) is 2.24. The molecule has 1 amide bonds. The number of carbonyl (C=O) groups excluding carboxylic acids is 1. The van der Waals surface area contributed by atoms with Crippen LogP contribution in [-0.2, 0) is 9.53 Å². The lowest BCUT2D eigenvalue weighted by Crippen LogP contribution is -2.37. The Balaban J connectivity index is 2.31. The molecule has 2 atom stereocenters. The molecular weight excluding hydrogens is 234 g/mol. The lowest BCUT2D eigenvalue weighted by atomic mass is 9.81. The van der Waals surface area contributed by atoms with Crippen LogP contribution in [0.2, 0.25) is 0 Å². The normalized spacial score (nSPS) is 24.4. The number of amides is 1. The van der Waals surface area contributed by atoms with Crippen LogP contribution < -0.4 is 5.32 Å². The minimum Gasteiger partial charge on any atom is -0.481 e. The van der Waals surface area contributed by atoms with Gasteiger partial charge in [-0.2, -0.15) is 0 Å². The summed E-state index contributed by atoms with van der Waals surface area (Å²) in [5, 5.41) is 11.7. The number of nitrogens with one attached hydrogen (secondary N) is 1. The molecule has 0 unspecified atom stereocenters. The van der Waals surface area contributed by atoms with Crippen LogP contribution in [0, 0.1) is 11.8 Å². The molecule has 0 aromatic rings. The van der Waals surface area contributed by atoms with Crippen molar-refractivity contribution in [3.63, 3.8) is 0 Å². The van der Waals surface area contributed by atoms with Crippen LogP contribution >= 0.6 is 0 Å². The number of hydrogen-bond acceptors (Lipinski definition) is 3. The van der Waals surface area contributed by atoms with E-state index < -0.39 is 17.7 Å². The first kappa shape index (κ1) is 14.8. The molecule has 1 aliphatic rings. The van der Waals surface area contributed by atoms with Crippen molar-refractivity contribution in [2.75, 3.05) is 6.54 Å². The summed E-state index contributed by atoms with van der Waals surface area (Å²) in [5.74, 6) is -0.742. The highest BCUT2D eigenvalue weighted by molar-refractivity contribution is 5.70. The summed E-state index contributed by atoms with van der Waals surface area (Å²) < 4.78 is 5.14. The van der Waals surface area contributed by atoms with E-state index in [1.165, 1.54) is 0 Å². The first-order chi connectivity index (χ1) is 8.28. The average Bonchev–Trinajstić information content (AvgIpc) is 2.24. The van der Waals surface area contributed by atoms with Gasteiger partial charge in [0.05, 0.1) is 5.92 Å². The molecule has 0 heterocycles. The monoisotopic (exact) mass is 257 g/mol. The van der Waals surface area contributed by atoms with Crippen LogP contribution in [0.3, 0.4) is 0 Å². The fraction of sp³-hybridized carbons (Fsp3) is 0.846. The predicted octanol–water partition coefficient (Wildman–Crippen LogP) is 2.40. The standard InChI is InChI=1S/C13H23NO4/c1-13(2,3)18-12(17)14-8-9-5-4-6-10(7-9)11(15)16/h9-10H,4-8H2,1-3H3,(H,14,17)(H,15,16)/t9-,10+/m0/s1. The van der Waals surface area contributed by atoms with Gasteiger partial charge in [-0.1, -0.05) is 6.42 Å². The Morgan fingerprint density at radius 2 is 2.00 bits per heavy atom. The number of carboxylic acid groups (broad SMARTS) is 1. The van der Waals surface area contributed by atoms with Crippen molar-refractivity contribution in [1.82, 2.24) is 5.32 Å². The number of ether oxygens (including phenoxy) is 1. The Bertz CT molecular complexity index is 309. The number of rotatable bonds is 3. The summed E-state index contributed by atoms with van der Waals surface area (Å²) in [7, 11) is 0. The lowest BCUT2D eigenvalue weighted by Gasteiger charge is -2.27. The highest BCUT2D eigenvalue weighted by atomic mass is 16.6. The van der Waals surface area contributed by atoms with Gasteiger partial charge in [0.2, 0.25) is 0 Å². The Morgan fingerprint density at radius 3 is 2.56 bits per heavy atom. The van der Waals surface area contributed by atoms with E-state index in [1.54, 1.807) is 0 Å². The van der Waals surface area contributed by atoms with Gasteiger partial charge in [0, 0.05) is 6.54 Å². The molecule has 1 aliphatic carbocycles. The van der Waals surface area contributed by atoms with Gasteiger partial charge in [0.15, 0.2) is 0 Å². The number of aliphatic carboxylic acids is 1. The van der Waals surface area contributed by atoms with E-state index in [1.807, 2.05) is 20.8 Å². The van der Waals surface area contributed by atoms with Crippen molar-refractivity contribution in [2.45, 2.75) is 52.1 Å². The smallest absolute Gasteiger partial charge is 0.407 e. The average molecular weight is 257 g/mol. The van der Waals surface area contributed by atoms with E-state index in [2.05, 4.69) is 5.32 Å². The summed E-state index contributed by atoms with van der Waals surface area (Å²) in [5.41, 5.74) is -0.500. The minimum absolute atomic E-state index is 0.243. The zero-order valence-corrected chi connectivity index (χ0v) is 11.4. The van der Waals surface area contributed by atoms with Gasteiger partial charge in [-0.15, -0.1) is 0 Å². The maximum Gasteiger partial charge on any atom is 0.407 e. The second-order valence-corrected chi connectivity index (χ2v) is 5.95. The quantitative estimate of drug-likeness (QED) is 0.814. The van der Waals surface area contributed by atoms with Gasteiger partial charge >= 0.3 is 12.1 Å². The largest absolute Gasteiger partial charge is 0.481 e. The Kier molecular flexibility index (Phi) is 4.99. The van der Waals surface area contributed by atoms with Crippen molar-refractivity contribution in [3.05, 3.63) is 0 Å². The van der Waals surface area contributed by atoms with Crippen molar-refractivity contribution < 1.29 is 19.4 Å². The molecule has 1 saturated carbocycles. The van der Waals surface area contributed by atoms with E-state index >= 15 is 0 Å². The van der Waals surface area contributed by atoms with E-state index in [9.17, 15) is 9.59 Å². The van der Waals surface area contributed by atoms with E-state index in [4.69, 9.17) is 9.84 Å². The first-order valence-electron chi connectivity index (χ1n) is 6.47. The van der Waals surface area contributed by atoms with Crippen molar-refractivity contribution in [2.24, 2.45) is 11.8 Å². The molecule has 104 valence electrons. The third-order valence-corrected chi connectivity index (χ3v) is 3.07. The molecule has 0 radical (unpaired) electrons. The summed E-state index contributed by atoms with van der Waals surface area (Å²) in [6.07, 6.45) is 2.85. The number of hydrogen-bond donors (Lipinski definition) is 2. The molecule has 2 N–H and O–H groups in total. The van der Waals surface area contributed by atoms with Crippen LogP contribution in [0.25, 0.3) is 0 Å². The van der Waals surface area contributed by atoms with Crippen LogP contribution in [0.4, 0.5) is 4.79 Å². The third-order valence-electron chi connectivity index (χ3n) is 3.07. The zero-order chi connectivity index (χ0) is 13.8. The maximum atomic E-state index is 11.5. The fourth-order valence-corrected chi connectivity index (χ4v) is 2.24. The molecule has 18 heavy (non-hydrogen) atoms. The van der Waals surface area contributed by atoms with Crippen LogP contribution in [0.15, 0.2) is 0 Å². The minimum atomic E-state index is -0.725. The third kappa shape index (κ3) is 5.38.